The molecule has 1 aromatic heterocycles. The van der Waals surface area contributed by atoms with Crippen LogP contribution in [0.3, 0.4) is 0 Å². The Morgan fingerprint density at radius 3 is 3.00 bits per heavy atom. The molecule has 2 fully saturated rings. The van der Waals surface area contributed by atoms with E-state index in [1.54, 1.807) is 6.20 Å². The lowest BCUT2D eigenvalue weighted by atomic mass is 10.2. The summed E-state index contributed by atoms with van der Waals surface area (Å²) in [7, 11) is 0. The van der Waals surface area contributed by atoms with Gasteiger partial charge in [-0.1, -0.05) is 11.6 Å². The molecular formula is C13H18ClN3. The number of hydrogen-bond acceptors (Lipinski definition) is 3. The lowest BCUT2D eigenvalue weighted by Crippen LogP contribution is -2.31. The number of anilines is 1. The van der Waals surface area contributed by atoms with Crippen molar-refractivity contribution >= 4 is 17.3 Å². The summed E-state index contributed by atoms with van der Waals surface area (Å²) in [5.74, 6) is 0. The van der Waals surface area contributed by atoms with Crippen LogP contribution in [0.4, 0.5) is 5.69 Å². The standard InChI is InChI=1S/C13H18ClN3/c1-9-7-10(8-17(9)11-4-5-11)16-12-3-2-6-15-13(12)14/h2-3,6,9-11,16H,4-5,7-8H2,1H3. The summed E-state index contributed by atoms with van der Waals surface area (Å²) in [5, 5.41) is 4.09. The van der Waals surface area contributed by atoms with Crippen molar-refractivity contribution < 1.29 is 0 Å². The largest absolute Gasteiger partial charge is 0.378 e. The Kier molecular flexibility index (Phi) is 2.97. The van der Waals surface area contributed by atoms with E-state index >= 15 is 0 Å². The third-order valence-corrected chi connectivity index (χ3v) is 4.06. The van der Waals surface area contributed by atoms with Crippen molar-refractivity contribution in [2.75, 3.05) is 11.9 Å². The second-order valence-electron chi connectivity index (χ2n) is 5.20. The topological polar surface area (TPSA) is 28.2 Å². The molecule has 17 heavy (non-hydrogen) atoms. The summed E-state index contributed by atoms with van der Waals surface area (Å²) >= 11 is 6.06. The molecule has 1 saturated heterocycles. The average Bonchev–Trinajstić information content (AvgIpc) is 3.07. The average molecular weight is 252 g/mol. The van der Waals surface area contributed by atoms with Crippen LogP contribution in [0.5, 0.6) is 0 Å². The molecule has 0 spiro atoms. The zero-order valence-corrected chi connectivity index (χ0v) is 10.8. The molecule has 92 valence electrons. The van der Waals surface area contributed by atoms with Gasteiger partial charge < -0.3 is 5.32 Å². The first-order valence-corrected chi connectivity index (χ1v) is 6.74. The summed E-state index contributed by atoms with van der Waals surface area (Å²) < 4.78 is 0. The predicted octanol–water partition coefficient (Wildman–Crippen LogP) is 2.77. The van der Waals surface area contributed by atoms with Crippen molar-refractivity contribution in [3.05, 3.63) is 23.5 Å². The lowest BCUT2D eigenvalue weighted by molar-refractivity contribution is 0.257. The van der Waals surface area contributed by atoms with Gasteiger partial charge in [0.25, 0.3) is 0 Å². The summed E-state index contributed by atoms with van der Waals surface area (Å²) in [6, 6.07) is 5.97. The van der Waals surface area contributed by atoms with E-state index in [1.165, 1.54) is 19.3 Å². The molecule has 2 unspecified atom stereocenters. The fourth-order valence-electron chi connectivity index (χ4n) is 2.79. The number of likely N-dealkylation sites (tertiary alicyclic amines) is 1. The molecule has 3 nitrogen and oxygen atoms in total. The molecule has 0 radical (unpaired) electrons. The predicted molar refractivity (Wildman–Crippen MR) is 70.5 cm³/mol. The Bertz CT molecular complexity index is 405. The van der Waals surface area contributed by atoms with Gasteiger partial charge in [0.15, 0.2) is 5.15 Å². The lowest BCUT2D eigenvalue weighted by Gasteiger charge is -2.20. The van der Waals surface area contributed by atoms with Crippen LogP contribution in [-0.2, 0) is 0 Å². The highest BCUT2D eigenvalue weighted by molar-refractivity contribution is 6.31. The van der Waals surface area contributed by atoms with Crippen molar-refractivity contribution in [3.63, 3.8) is 0 Å². The highest BCUT2D eigenvalue weighted by atomic mass is 35.5. The molecule has 1 aromatic rings. The zero-order chi connectivity index (χ0) is 11.8. The van der Waals surface area contributed by atoms with Gasteiger partial charge in [0.2, 0.25) is 0 Å². The smallest absolute Gasteiger partial charge is 0.152 e. The fraction of sp³-hybridized carbons (Fsp3) is 0.615. The maximum atomic E-state index is 6.06. The van der Waals surface area contributed by atoms with E-state index in [9.17, 15) is 0 Å². The molecule has 2 aliphatic rings. The van der Waals surface area contributed by atoms with Gasteiger partial charge in [-0.2, -0.15) is 0 Å². The number of nitrogens with zero attached hydrogens (tertiary/aromatic N) is 2. The molecule has 0 aromatic carbocycles. The number of rotatable bonds is 3. The second-order valence-corrected chi connectivity index (χ2v) is 5.55. The molecule has 0 amide bonds. The van der Waals surface area contributed by atoms with Crippen molar-refractivity contribution in [1.82, 2.24) is 9.88 Å². The van der Waals surface area contributed by atoms with E-state index in [0.717, 1.165) is 18.3 Å². The van der Waals surface area contributed by atoms with Gasteiger partial charge in [-0.3, -0.25) is 4.90 Å². The molecule has 0 bridgehead atoms. The first-order chi connectivity index (χ1) is 8.24. The monoisotopic (exact) mass is 251 g/mol. The number of halogens is 1. The molecule has 2 atom stereocenters. The van der Waals surface area contributed by atoms with E-state index in [0.29, 0.717) is 17.2 Å². The normalized spacial score (nSPS) is 29.5. The first kappa shape index (κ1) is 11.3. The van der Waals surface area contributed by atoms with Crippen LogP contribution in [0, 0.1) is 0 Å². The molecule has 1 aliphatic carbocycles. The van der Waals surface area contributed by atoms with Crippen molar-refractivity contribution in [2.45, 2.75) is 44.3 Å². The summed E-state index contributed by atoms with van der Waals surface area (Å²) in [4.78, 5) is 6.72. The SMILES string of the molecule is CC1CC(Nc2cccnc2Cl)CN1C1CC1. The Morgan fingerprint density at radius 1 is 1.47 bits per heavy atom. The van der Waals surface area contributed by atoms with Crippen LogP contribution in [0.2, 0.25) is 5.15 Å². The third kappa shape index (κ3) is 2.40. The zero-order valence-electron chi connectivity index (χ0n) is 10.1. The molecule has 1 aliphatic heterocycles. The number of nitrogens with one attached hydrogen (secondary N) is 1. The number of pyridine rings is 1. The maximum Gasteiger partial charge on any atom is 0.152 e. The van der Waals surface area contributed by atoms with E-state index in [2.05, 4.69) is 22.1 Å². The summed E-state index contributed by atoms with van der Waals surface area (Å²) in [6.07, 6.45) is 5.68. The molecule has 2 heterocycles. The minimum absolute atomic E-state index is 0.507. The quantitative estimate of drug-likeness (QED) is 0.838. The molecule has 3 rings (SSSR count). The van der Waals surface area contributed by atoms with E-state index in [4.69, 9.17) is 11.6 Å². The van der Waals surface area contributed by atoms with Gasteiger partial charge >= 0.3 is 0 Å². The fourth-order valence-corrected chi connectivity index (χ4v) is 2.96. The van der Waals surface area contributed by atoms with E-state index in [-0.39, 0.29) is 0 Å². The van der Waals surface area contributed by atoms with Crippen LogP contribution in [0.25, 0.3) is 0 Å². The molecule has 1 N–H and O–H groups in total. The number of hydrogen-bond donors (Lipinski definition) is 1. The van der Waals surface area contributed by atoms with Gasteiger partial charge in [0.05, 0.1) is 5.69 Å². The van der Waals surface area contributed by atoms with Crippen LogP contribution in [0.15, 0.2) is 18.3 Å². The highest BCUT2D eigenvalue weighted by Crippen LogP contribution is 2.34. The van der Waals surface area contributed by atoms with Crippen LogP contribution in [0.1, 0.15) is 26.2 Å². The van der Waals surface area contributed by atoms with Gasteiger partial charge in [-0.25, -0.2) is 4.98 Å². The Labute approximate surface area is 107 Å². The molecular weight excluding hydrogens is 234 g/mol. The third-order valence-electron chi connectivity index (χ3n) is 3.76. The van der Waals surface area contributed by atoms with Crippen LogP contribution in [-0.4, -0.2) is 34.6 Å². The van der Waals surface area contributed by atoms with Gasteiger partial charge in [-0.15, -0.1) is 0 Å². The Balaban J connectivity index is 1.65. The molecule has 1 saturated carbocycles. The minimum Gasteiger partial charge on any atom is -0.378 e. The van der Waals surface area contributed by atoms with Crippen LogP contribution >= 0.6 is 11.6 Å². The van der Waals surface area contributed by atoms with E-state index in [1.807, 2.05) is 12.1 Å². The van der Waals surface area contributed by atoms with Crippen molar-refractivity contribution in [1.29, 1.82) is 0 Å². The second kappa shape index (κ2) is 4.46. The Morgan fingerprint density at radius 2 is 2.29 bits per heavy atom. The van der Waals surface area contributed by atoms with Gasteiger partial charge in [0, 0.05) is 30.9 Å². The van der Waals surface area contributed by atoms with Crippen LogP contribution < -0.4 is 5.32 Å². The van der Waals surface area contributed by atoms with Crippen molar-refractivity contribution in [2.24, 2.45) is 0 Å². The van der Waals surface area contributed by atoms with Gasteiger partial charge in [-0.05, 0) is 38.3 Å². The highest BCUT2D eigenvalue weighted by Gasteiger charge is 2.38. The first-order valence-electron chi connectivity index (χ1n) is 6.37. The Hall–Kier alpha value is -0.800. The summed E-state index contributed by atoms with van der Waals surface area (Å²) in [6.45, 7) is 3.46. The summed E-state index contributed by atoms with van der Waals surface area (Å²) in [5.41, 5.74) is 0.962. The number of aromatic nitrogens is 1. The van der Waals surface area contributed by atoms with Gasteiger partial charge in [0.1, 0.15) is 0 Å². The van der Waals surface area contributed by atoms with E-state index < -0.39 is 0 Å². The molecule has 4 heteroatoms. The minimum atomic E-state index is 0.507. The van der Waals surface area contributed by atoms with Crippen molar-refractivity contribution in [3.8, 4) is 0 Å². The maximum absolute atomic E-state index is 6.06.